The number of aliphatic hydroxyl groups excluding tert-OH is 1. The molecule has 0 radical (unpaired) electrons. The number of H-pyrrole nitrogens is 1. The molecule has 3 aromatic rings. The SMILES string of the molecule is C[C@@H](O)[C@H](NC(=O)[C@H](Cc1c[nH]c2ccccc12)NC(=O)[C@@H]1C[C@@H](OCc2ccccc2)CN1)C(N)=O. The summed E-state index contributed by atoms with van der Waals surface area (Å²) in [5, 5.41) is 19.3. The monoisotopic (exact) mass is 507 g/mol. The van der Waals surface area contributed by atoms with E-state index in [-0.39, 0.29) is 18.4 Å². The quantitative estimate of drug-likeness (QED) is 0.222. The van der Waals surface area contributed by atoms with E-state index in [1.807, 2.05) is 54.6 Å². The molecule has 196 valence electrons. The van der Waals surface area contributed by atoms with Gasteiger partial charge in [0, 0.05) is 30.1 Å². The van der Waals surface area contributed by atoms with Crippen LogP contribution in [0.4, 0.5) is 0 Å². The van der Waals surface area contributed by atoms with Crippen molar-refractivity contribution in [2.75, 3.05) is 6.54 Å². The Balaban J connectivity index is 1.43. The first-order valence-corrected chi connectivity index (χ1v) is 12.3. The zero-order valence-corrected chi connectivity index (χ0v) is 20.6. The number of aliphatic hydroxyl groups is 1. The maximum absolute atomic E-state index is 13.2. The van der Waals surface area contributed by atoms with Crippen LogP contribution in [-0.4, -0.2) is 64.7 Å². The molecule has 0 spiro atoms. The van der Waals surface area contributed by atoms with E-state index in [1.165, 1.54) is 6.92 Å². The maximum atomic E-state index is 13.2. The fraction of sp³-hybridized carbons (Fsp3) is 0.370. The Hall–Kier alpha value is -3.73. The number of benzene rings is 2. The average Bonchev–Trinajstić information content (AvgIpc) is 3.53. The summed E-state index contributed by atoms with van der Waals surface area (Å²) in [5.41, 5.74) is 8.13. The van der Waals surface area contributed by atoms with Crippen LogP contribution < -0.4 is 21.7 Å². The molecule has 5 atom stereocenters. The molecule has 1 saturated heterocycles. The number of hydrogen-bond donors (Lipinski definition) is 6. The zero-order chi connectivity index (χ0) is 26.4. The number of ether oxygens (including phenoxy) is 1. The second-order valence-corrected chi connectivity index (χ2v) is 9.37. The van der Waals surface area contributed by atoms with Crippen LogP contribution in [-0.2, 0) is 32.1 Å². The van der Waals surface area contributed by atoms with Gasteiger partial charge in [0.15, 0.2) is 0 Å². The number of carbonyl (C=O) groups is 3. The number of hydrogen-bond acceptors (Lipinski definition) is 6. The predicted octanol–water partition coefficient (Wildman–Crippen LogP) is 0.493. The molecule has 0 unspecified atom stereocenters. The molecule has 37 heavy (non-hydrogen) atoms. The van der Waals surface area contributed by atoms with Crippen molar-refractivity contribution in [3.8, 4) is 0 Å². The number of fused-ring (bicyclic) bond motifs is 1. The number of amides is 3. The Labute approximate surface area is 214 Å². The highest BCUT2D eigenvalue weighted by Gasteiger charge is 2.34. The third-order valence-electron chi connectivity index (χ3n) is 6.55. The van der Waals surface area contributed by atoms with Crippen LogP contribution in [0.1, 0.15) is 24.5 Å². The Morgan fingerprint density at radius 2 is 1.84 bits per heavy atom. The van der Waals surface area contributed by atoms with E-state index in [1.54, 1.807) is 6.20 Å². The van der Waals surface area contributed by atoms with Crippen LogP contribution in [0.5, 0.6) is 0 Å². The highest BCUT2D eigenvalue weighted by atomic mass is 16.5. The van der Waals surface area contributed by atoms with Crippen molar-refractivity contribution in [1.82, 2.24) is 20.9 Å². The van der Waals surface area contributed by atoms with Crippen LogP contribution in [0.3, 0.4) is 0 Å². The molecule has 1 fully saturated rings. The van der Waals surface area contributed by atoms with Gasteiger partial charge in [-0.2, -0.15) is 0 Å². The standard InChI is InChI=1S/C27H33N5O5/c1-16(33)24(25(28)34)32-27(36)23(11-18-13-29-21-10-6-5-9-20(18)21)31-26(35)22-12-19(14-30-22)37-15-17-7-3-2-4-8-17/h2-10,13,16,19,22-24,29-30,33H,11-12,14-15H2,1H3,(H2,28,34)(H,31,35)(H,32,36)/t16-,19-,22+,23+,24+/m1/s1. The highest BCUT2D eigenvalue weighted by molar-refractivity contribution is 5.94. The maximum Gasteiger partial charge on any atom is 0.243 e. The molecular formula is C27H33N5O5. The number of para-hydroxylation sites is 1. The average molecular weight is 508 g/mol. The molecule has 7 N–H and O–H groups in total. The molecule has 10 nitrogen and oxygen atoms in total. The summed E-state index contributed by atoms with van der Waals surface area (Å²) < 4.78 is 5.96. The summed E-state index contributed by atoms with van der Waals surface area (Å²) in [4.78, 5) is 41.3. The van der Waals surface area contributed by atoms with Gasteiger partial charge in [0.1, 0.15) is 12.1 Å². The minimum absolute atomic E-state index is 0.147. The van der Waals surface area contributed by atoms with Gasteiger partial charge in [0.2, 0.25) is 17.7 Å². The Morgan fingerprint density at radius 1 is 1.11 bits per heavy atom. The number of nitrogens with two attached hydrogens (primary N) is 1. The molecule has 0 bridgehead atoms. The van der Waals surface area contributed by atoms with E-state index in [0.29, 0.717) is 19.6 Å². The zero-order valence-electron chi connectivity index (χ0n) is 20.6. The van der Waals surface area contributed by atoms with Crippen molar-refractivity contribution in [3.05, 3.63) is 71.9 Å². The van der Waals surface area contributed by atoms with Crippen LogP contribution >= 0.6 is 0 Å². The first kappa shape index (κ1) is 26.3. The number of nitrogens with one attached hydrogen (secondary N) is 4. The predicted molar refractivity (Wildman–Crippen MR) is 138 cm³/mol. The van der Waals surface area contributed by atoms with Gasteiger partial charge in [-0.1, -0.05) is 48.5 Å². The van der Waals surface area contributed by atoms with Crippen molar-refractivity contribution in [3.63, 3.8) is 0 Å². The molecule has 3 amide bonds. The Bertz CT molecular complexity index is 1230. The third-order valence-corrected chi connectivity index (χ3v) is 6.55. The summed E-state index contributed by atoms with van der Waals surface area (Å²) in [6.07, 6.45) is 1.08. The molecule has 1 aliphatic rings. The van der Waals surface area contributed by atoms with Crippen molar-refractivity contribution in [2.24, 2.45) is 5.73 Å². The molecule has 1 aromatic heterocycles. The topological polar surface area (TPSA) is 159 Å². The van der Waals surface area contributed by atoms with E-state index >= 15 is 0 Å². The van der Waals surface area contributed by atoms with Gasteiger partial charge in [-0.15, -0.1) is 0 Å². The third kappa shape index (κ3) is 6.73. The molecule has 10 heteroatoms. The molecule has 2 aromatic carbocycles. The largest absolute Gasteiger partial charge is 0.391 e. The lowest BCUT2D eigenvalue weighted by Crippen LogP contribution is -2.58. The van der Waals surface area contributed by atoms with Crippen molar-refractivity contribution in [1.29, 1.82) is 0 Å². The molecule has 0 aliphatic carbocycles. The number of primary amides is 1. The Kier molecular flexibility index (Phi) is 8.54. The van der Waals surface area contributed by atoms with Gasteiger partial charge in [-0.25, -0.2) is 0 Å². The van der Waals surface area contributed by atoms with Gasteiger partial charge < -0.3 is 36.5 Å². The Morgan fingerprint density at radius 3 is 2.57 bits per heavy atom. The van der Waals surface area contributed by atoms with Crippen LogP contribution in [0.25, 0.3) is 10.9 Å². The molecule has 1 aliphatic heterocycles. The minimum Gasteiger partial charge on any atom is -0.391 e. The lowest BCUT2D eigenvalue weighted by molar-refractivity contribution is -0.133. The van der Waals surface area contributed by atoms with Gasteiger partial charge in [-0.05, 0) is 30.5 Å². The van der Waals surface area contributed by atoms with E-state index in [0.717, 1.165) is 22.0 Å². The van der Waals surface area contributed by atoms with Gasteiger partial charge >= 0.3 is 0 Å². The second kappa shape index (κ2) is 12.0. The summed E-state index contributed by atoms with van der Waals surface area (Å²) in [6.45, 7) is 2.32. The second-order valence-electron chi connectivity index (χ2n) is 9.37. The van der Waals surface area contributed by atoms with E-state index in [4.69, 9.17) is 10.5 Å². The molecule has 2 heterocycles. The smallest absolute Gasteiger partial charge is 0.243 e. The van der Waals surface area contributed by atoms with E-state index < -0.39 is 36.0 Å². The molecule has 4 rings (SSSR count). The lowest BCUT2D eigenvalue weighted by Gasteiger charge is -2.24. The number of aromatic amines is 1. The number of rotatable bonds is 11. The van der Waals surface area contributed by atoms with Gasteiger partial charge in [0.25, 0.3) is 0 Å². The molecular weight excluding hydrogens is 474 g/mol. The highest BCUT2D eigenvalue weighted by Crippen LogP contribution is 2.20. The van der Waals surface area contributed by atoms with Crippen molar-refractivity contribution in [2.45, 2.75) is 56.7 Å². The fourth-order valence-corrected chi connectivity index (χ4v) is 4.50. The van der Waals surface area contributed by atoms with E-state index in [2.05, 4.69) is 20.9 Å². The first-order chi connectivity index (χ1) is 17.8. The summed E-state index contributed by atoms with van der Waals surface area (Å²) in [7, 11) is 0. The van der Waals surface area contributed by atoms with Gasteiger partial charge in [-0.3, -0.25) is 14.4 Å². The summed E-state index contributed by atoms with van der Waals surface area (Å²) in [5.74, 6) is -1.83. The number of carbonyl (C=O) groups excluding carboxylic acids is 3. The normalized spacial score (nSPS) is 19.7. The fourth-order valence-electron chi connectivity index (χ4n) is 4.50. The van der Waals surface area contributed by atoms with Gasteiger partial charge in [0.05, 0.1) is 24.9 Å². The van der Waals surface area contributed by atoms with Crippen LogP contribution in [0.2, 0.25) is 0 Å². The first-order valence-electron chi connectivity index (χ1n) is 12.3. The van der Waals surface area contributed by atoms with E-state index in [9.17, 15) is 19.5 Å². The minimum atomic E-state index is -1.28. The van der Waals surface area contributed by atoms with Crippen molar-refractivity contribution < 1.29 is 24.2 Å². The summed E-state index contributed by atoms with van der Waals surface area (Å²) >= 11 is 0. The lowest BCUT2D eigenvalue weighted by atomic mass is 10.0. The summed E-state index contributed by atoms with van der Waals surface area (Å²) in [6, 6.07) is 14.6. The van der Waals surface area contributed by atoms with Crippen LogP contribution in [0, 0.1) is 0 Å². The molecule has 0 saturated carbocycles. The van der Waals surface area contributed by atoms with Crippen LogP contribution in [0.15, 0.2) is 60.8 Å². The van der Waals surface area contributed by atoms with Crippen molar-refractivity contribution >= 4 is 28.6 Å². The number of aromatic nitrogens is 1.